The quantitative estimate of drug-likeness (QED) is 0.672. The molecule has 2 saturated heterocycles. The number of hydrogen-bond donors (Lipinski definition) is 1. The molecule has 0 aromatic carbocycles. The number of amides is 1. The Balaban J connectivity index is 1.53. The van der Waals surface area contributed by atoms with Crippen LogP contribution in [0.2, 0.25) is 0 Å². The van der Waals surface area contributed by atoms with Crippen molar-refractivity contribution in [3.63, 3.8) is 0 Å². The summed E-state index contributed by atoms with van der Waals surface area (Å²) in [6, 6.07) is 1.82. The number of aromatic nitrogens is 2. The Labute approximate surface area is 159 Å². The minimum absolute atomic E-state index is 0.192. The highest BCUT2D eigenvalue weighted by atomic mass is 32.2. The fraction of sp³-hybridized carbons (Fsp3) is 0.706. The summed E-state index contributed by atoms with van der Waals surface area (Å²) in [5.74, 6) is 0.580. The molecular weight excluding hydrogens is 352 g/mol. The molecule has 0 atom stereocenters. The number of piperazine rings is 1. The molecule has 0 spiro atoms. The summed E-state index contributed by atoms with van der Waals surface area (Å²) in [5.41, 5.74) is 5.82. The number of nitrogens with two attached hydrogens (primary N) is 1. The van der Waals surface area contributed by atoms with Gasteiger partial charge in [0.15, 0.2) is 0 Å². The van der Waals surface area contributed by atoms with Gasteiger partial charge in [0.1, 0.15) is 4.75 Å². The van der Waals surface area contributed by atoms with Crippen LogP contribution in [0, 0.1) is 0 Å². The highest BCUT2D eigenvalue weighted by molar-refractivity contribution is 7.99. The van der Waals surface area contributed by atoms with Gasteiger partial charge < -0.3 is 20.3 Å². The van der Waals surface area contributed by atoms with E-state index in [1.807, 2.05) is 6.07 Å². The van der Waals surface area contributed by atoms with E-state index in [1.165, 1.54) is 0 Å². The predicted molar refractivity (Wildman–Crippen MR) is 103 cm³/mol. The Morgan fingerprint density at radius 2 is 1.85 bits per heavy atom. The zero-order valence-corrected chi connectivity index (χ0v) is 16.2. The lowest BCUT2D eigenvalue weighted by molar-refractivity contribution is -0.121. The molecule has 26 heavy (non-hydrogen) atoms. The topological polar surface area (TPSA) is 87.8 Å². The summed E-state index contributed by atoms with van der Waals surface area (Å²) in [6.07, 6.45) is 5.11. The minimum atomic E-state index is -0.491. The molecule has 0 aliphatic carbocycles. The van der Waals surface area contributed by atoms with E-state index in [2.05, 4.69) is 24.1 Å². The number of likely N-dealkylation sites (tertiary alicyclic amines) is 1. The van der Waals surface area contributed by atoms with Crippen molar-refractivity contribution in [2.75, 3.05) is 64.4 Å². The van der Waals surface area contributed by atoms with Crippen LogP contribution >= 0.6 is 11.9 Å². The Morgan fingerprint density at radius 1 is 1.19 bits per heavy atom. The Hall–Kier alpha value is -1.42. The molecule has 0 bridgehead atoms. The number of rotatable bonds is 7. The van der Waals surface area contributed by atoms with Crippen LogP contribution in [0.3, 0.4) is 0 Å². The van der Waals surface area contributed by atoms with Crippen LogP contribution < -0.4 is 10.6 Å². The minimum Gasteiger partial charge on any atom is -0.383 e. The van der Waals surface area contributed by atoms with E-state index in [9.17, 15) is 4.79 Å². The average molecular weight is 381 g/mol. The van der Waals surface area contributed by atoms with E-state index in [-0.39, 0.29) is 5.91 Å². The Kier molecular flexibility index (Phi) is 6.68. The van der Waals surface area contributed by atoms with Gasteiger partial charge in [-0.3, -0.25) is 4.79 Å². The van der Waals surface area contributed by atoms with Crippen molar-refractivity contribution in [3.8, 4) is 0 Å². The maximum Gasteiger partial charge on any atom is 0.235 e. The third-order valence-electron chi connectivity index (χ3n) is 5.10. The molecule has 144 valence electrons. The van der Waals surface area contributed by atoms with E-state index in [4.69, 9.17) is 10.5 Å². The maximum absolute atomic E-state index is 12.3. The second-order valence-electron chi connectivity index (χ2n) is 6.75. The number of methoxy groups -OCH3 is 1. The highest BCUT2D eigenvalue weighted by Crippen LogP contribution is 2.38. The van der Waals surface area contributed by atoms with Crippen LogP contribution in [-0.2, 0) is 9.53 Å². The number of hydrogen-bond acceptors (Lipinski definition) is 8. The number of nitrogens with zero attached hydrogens (tertiary/aromatic N) is 5. The van der Waals surface area contributed by atoms with Gasteiger partial charge in [-0.2, -0.15) is 0 Å². The number of carbonyl (C=O) groups excluding carboxylic acids is 1. The van der Waals surface area contributed by atoms with Crippen molar-refractivity contribution in [1.29, 1.82) is 0 Å². The molecular formula is C17H28N6O2S. The predicted octanol–water partition coefficient (Wildman–Crippen LogP) is 0.213. The first-order valence-electron chi connectivity index (χ1n) is 9.10. The Bertz CT molecular complexity index is 574. The number of carbonyl (C=O) groups is 1. The maximum atomic E-state index is 12.3. The van der Waals surface area contributed by atoms with Crippen LogP contribution in [0.4, 0.5) is 5.95 Å². The summed E-state index contributed by atoms with van der Waals surface area (Å²) in [7, 11) is 1.72. The van der Waals surface area contributed by atoms with E-state index < -0.39 is 4.75 Å². The lowest BCUT2D eigenvalue weighted by Crippen LogP contribution is -2.54. The van der Waals surface area contributed by atoms with E-state index >= 15 is 0 Å². The third kappa shape index (κ3) is 4.64. The standard InChI is InChI=1S/C17H28N6O2S/c1-25-14-13-21-7-3-17(4-8-21,15(18)24)26-23-11-9-22(10-12-23)16-19-5-2-6-20-16/h2,5-6H,3-4,7-14H2,1H3,(H2,18,24). The van der Waals surface area contributed by atoms with Crippen molar-refractivity contribution in [2.45, 2.75) is 17.6 Å². The number of anilines is 1. The fourth-order valence-corrected chi connectivity index (χ4v) is 4.72. The van der Waals surface area contributed by atoms with Crippen molar-refractivity contribution in [1.82, 2.24) is 19.2 Å². The summed E-state index contributed by atoms with van der Waals surface area (Å²) in [4.78, 5) is 25.4. The van der Waals surface area contributed by atoms with Gasteiger partial charge in [-0.25, -0.2) is 14.3 Å². The van der Waals surface area contributed by atoms with Crippen molar-refractivity contribution in [2.24, 2.45) is 5.73 Å². The zero-order valence-electron chi connectivity index (χ0n) is 15.3. The molecule has 2 N–H and O–H groups in total. The van der Waals surface area contributed by atoms with Crippen LogP contribution in [-0.4, -0.2) is 89.4 Å². The zero-order chi connectivity index (χ0) is 18.4. The molecule has 0 saturated carbocycles. The smallest absolute Gasteiger partial charge is 0.235 e. The number of piperidine rings is 1. The number of primary amides is 1. The fourth-order valence-electron chi connectivity index (χ4n) is 3.42. The second-order valence-corrected chi connectivity index (χ2v) is 8.23. The SMILES string of the molecule is COCCN1CCC(SN2CCN(c3ncccn3)CC2)(C(N)=O)CC1. The van der Waals surface area contributed by atoms with E-state index in [1.54, 1.807) is 31.5 Å². The molecule has 1 aromatic heterocycles. The van der Waals surface area contributed by atoms with E-state index in [0.717, 1.165) is 71.2 Å². The van der Waals surface area contributed by atoms with Crippen molar-refractivity contribution in [3.05, 3.63) is 18.5 Å². The van der Waals surface area contributed by atoms with Crippen LogP contribution in [0.5, 0.6) is 0 Å². The lowest BCUT2D eigenvalue weighted by Gasteiger charge is -2.43. The van der Waals surface area contributed by atoms with Crippen LogP contribution in [0.1, 0.15) is 12.8 Å². The van der Waals surface area contributed by atoms with E-state index in [0.29, 0.717) is 0 Å². The van der Waals surface area contributed by atoms with Gasteiger partial charge in [-0.15, -0.1) is 0 Å². The molecule has 2 aliphatic rings. The molecule has 3 heterocycles. The monoisotopic (exact) mass is 380 g/mol. The molecule has 1 aromatic rings. The first-order chi connectivity index (χ1) is 12.6. The summed E-state index contributed by atoms with van der Waals surface area (Å²) < 4.78 is 6.95. The molecule has 1 amide bonds. The second kappa shape index (κ2) is 8.98. The van der Waals surface area contributed by atoms with Crippen LogP contribution in [0.15, 0.2) is 18.5 Å². The molecule has 9 heteroatoms. The summed E-state index contributed by atoms with van der Waals surface area (Å²) in [5, 5.41) is 0. The lowest BCUT2D eigenvalue weighted by atomic mass is 9.95. The normalized spacial score (nSPS) is 21.7. The van der Waals surface area contributed by atoms with Gasteiger partial charge >= 0.3 is 0 Å². The number of ether oxygens (including phenoxy) is 1. The first-order valence-corrected chi connectivity index (χ1v) is 9.87. The van der Waals surface area contributed by atoms with Gasteiger partial charge in [0.2, 0.25) is 11.9 Å². The van der Waals surface area contributed by atoms with Gasteiger partial charge in [0.05, 0.1) is 6.61 Å². The molecule has 8 nitrogen and oxygen atoms in total. The van der Waals surface area contributed by atoms with Gasteiger partial charge in [-0.05, 0) is 18.9 Å². The molecule has 0 unspecified atom stereocenters. The van der Waals surface area contributed by atoms with Gasteiger partial charge in [0, 0.05) is 65.3 Å². The first kappa shape index (κ1) is 19.3. The summed E-state index contributed by atoms with van der Waals surface area (Å²) >= 11 is 1.65. The molecule has 2 fully saturated rings. The van der Waals surface area contributed by atoms with Crippen molar-refractivity contribution >= 4 is 23.8 Å². The van der Waals surface area contributed by atoms with Gasteiger partial charge in [0.25, 0.3) is 0 Å². The average Bonchev–Trinajstić information content (AvgIpc) is 2.68. The summed E-state index contributed by atoms with van der Waals surface area (Å²) in [6.45, 7) is 6.84. The van der Waals surface area contributed by atoms with Crippen LogP contribution in [0.25, 0.3) is 0 Å². The third-order valence-corrected chi connectivity index (χ3v) is 6.68. The molecule has 2 aliphatic heterocycles. The highest BCUT2D eigenvalue weighted by Gasteiger charge is 2.42. The Morgan fingerprint density at radius 3 is 2.42 bits per heavy atom. The molecule has 3 rings (SSSR count). The van der Waals surface area contributed by atoms with Crippen molar-refractivity contribution < 1.29 is 9.53 Å². The largest absolute Gasteiger partial charge is 0.383 e. The molecule has 0 radical (unpaired) electrons. The van der Waals surface area contributed by atoms with Gasteiger partial charge in [-0.1, -0.05) is 11.9 Å².